The van der Waals surface area contributed by atoms with Crippen molar-refractivity contribution in [2.24, 2.45) is 0 Å². The number of hydrogen-bond donors (Lipinski definition) is 0. The van der Waals surface area contributed by atoms with Gasteiger partial charge in [0.1, 0.15) is 0 Å². The Hall–Kier alpha value is -1.26. The average molecular weight is 274 g/mol. The Bertz CT molecular complexity index is 426. The Kier molecular flexibility index (Phi) is 5.82. The summed E-state index contributed by atoms with van der Waals surface area (Å²) in [6.07, 6.45) is 11.7. The van der Waals surface area contributed by atoms with Crippen LogP contribution in [0.3, 0.4) is 0 Å². The zero-order valence-corrected chi connectivity index (χ0v) is 11.5. The third kappa shape index (κ3) is 4.94. The van der Waals surface area contributed by atoms with Gasteiger partial charge in [0.05, 0.1) is 0 Å². The van der Waals surface area contributed by atoms with Gasteiger partial charge in [-0.05, 0) is 24.3 Å². The minimum atomic E-state index is 1.00. The van der Waals surface area contributed by atoms with Gasteiger partial charge in [0, 0.05) is 46.1 Å². The molecule has 0 spiro atoms. The van der Waals surface area contributed by atoms with Crippen LogP contribution in [-0.4, -0.2) is 21.5 Å². The van der Waals surface area contributed by atoms with Crippen LogP contribution in [0, 0.1) is 0 Å². The van der Waals surface area contributed by atoms with E-state index in [1.807, 2.05) is 72.6 Å². The van der Waals surface area contributed by atoms with Crippen molar-refractivity contribution < 1.29 is 0 Å². The summed E-state index contributed by atoms with van der Waals surface area (Å²) in [6, 6.07) is 8.13. The molecule has 18 heavy (non-hydrogen) atoms. The van der Waals surface area contributed by atoms with Crippen molar-refractivity contribution in [1.82, 2.24) is 9.97 Å². The fourth-order valence-corrected chi connectivity index (χ4v) is 2.77. The molecule has 0 aliphatic heterocycles. The van der Waals surface area contributed by atoms with Crippen LogP contribution in [-0.2, 0) is 0 Å². The second kappa shape index (κ2) is 7.95. The molecule has 0 atom stereocenters. The first-order chi connectivity index (χ1) is 8.95. The summed E-state index contributed by atoms with van der Waals surface area (Å²) in [6.45, 7) is 0. The highest BCUT2D eigenvalue weighted by molar-refractivity contribution is 7.99. The topological polar surface area (TPSA) is 25.8 Å². The largest absolute Gasteiger partial charge is 0.265 e. The zero-order chi connectivity index (χ0) is 12.5. The van der Waals surface area contributed by atoms with Crippen molar-refractivity contribution in [3.05, 3.63) is 61.2 Å². The Labute approximate surface area is 116 Å². The quantitative estimate of drug-likeness (QED) is 0.589. The van der Waals surface area contributed by atoms with E-state index >= 15 is 0 Å². The van der Waals surface area contributed by atoms with Crippen LogP contribution in [0.5, 0.6) is 0 Å². The third-order valence-corrected chi connectivity index (χ3v) is 4.09. The highest BCUT2D eigenvalue weighted by Gasteiger charge is 1.90. The van der Waals surface area contributed by atoms with E-state index in [0.717, 1.165) is 11.5 Å². The Morgan fingerprint density at radius 1 is 0.722 bits per heavy atom. The van der Waals surface area contributed by atoms with Crippen molar-refractivity contribution in [3.63, 3.8) is 0 Å². The second-order valence-corrected chi connectivity index (χ2v) is 5.65. The Morgan fingerprint density at radius 3 is 1.50 bits per heavy atom. The van der Waals surface area contributed by atoms with Crippen LogP contribution in [0.4, 0.5) is 0 Å². The van der Waals surface area contributed by atoms with Crippen LogP contribution in [0.15, 0.2) is 71.0 Å². The molecule has 0 aliphatic carbocycles. The molecule has 2 heterocycles. The second-order valence-electron chi connectivity index (χ2n) is 3.46. The number of thioether (sulfide) groups is 2. The van der Waals surface area contributed by atoms with Crippen LogP contribution in [0.25, 0.3) is 0 Å². The first kappa shape index (κ1) is 13.2. The molecular formula is C14H14N2S2. The molecule has 0 aromatic carbocycles. The molecule has 2 nitrogen and oxygen atoms in total. The lowest BCUT2D eigenvalue weighted by atomic mass is 10.5. The standard InChI is InChI=1S/C14H14N2S2/c1(11-17-13-3-7-15-8-4-13)2-12-18-14-5-9-16-10-6-14/h1-10H,11-12H2. The van der Waals surface area contributed by atoms with E-state index in [2.05, 4.69) is 22.1 Å². The molecule has 0 saturated carbocycles. The van der Waals surface area contributed by atoms with Gasteiger partial charge < -0.3 is 0 Å². The van der Waals surface area contributed by atoms with E-state index in [1.54, 1.807) is 0 Å². The molecule has 4 heteroatoms. The molecule has 0 fully saturated rings. The smallest absolute Gasteiger partial charge is 0.0278 e. The van der Waals surface area contributed by atoms with Crippen molar-refractivity contribution in [3.8, 4) is 0 Å². The summed E-state index contributed by atoms with van der Waals surface area (Å²) < 4.78 is 0. The average Bonchev–Trinajstić information content (AvgIpc) is 2.45. The number of rotatable bonds is 6. The van der Waals surface area contributed by atoms with Gasteiger partial charge in [-0.2, -0.15) is 0 Å². The zero-order valence-electron chi connectivity index (χ0n) is 9.90. The predicted molar refractivity (Wildman–Crippen MR) is 79.1 cm³/mol. The maximum Gasteiger partial charge on any atom is 0.0278 e. The van der Waals surface area contributed by atoms with Crippen LogP contribution in [0.2, 0.25) is 0 Å². The highest BCUT2D eigenvalue weighted by Crippen LogP contribution is 2.18. The lowest BCUT2D eigenvalue weighted by molar-refractivity contribution is 1.26. The Morgan fingerprint density at radius 2 is 1.11 bits per heavy atom. The van der Waals surface area contributed by atoms with Crippen LogP contribution >= 0.6 is 23.5 Å². The van der Waals surface area contributed by atoms with Crippen molar-refractivity contribution in [2.75, 3.05) is 11.5 Å². The number of nitrogens with zero attached hydrogens (tertiary/aromatic N) is 2. The van der Waals surface area contributed by atoms with Gasteiger partial charge in [0.15, 0.2) is 0 Å². The molecular weight excluding hydrogens is 260 g/mol. The van der Waals surface area contributed by atoms with Crippen LogP contribution in [0.1, 0.15) is 0 Å². The minimum Gasteiger partial charge on any atom is -0.265 e. The lowest BCUT2D eigenvalue weighted by Gasteiger charge is -1.97. The van der Waals surface area contributed by atoms with Crippen molar-refractivity contribution in [2.45, 2.75) is 9.79 Å². The summed E-state index contributed by atoms with van der Waals surface area (Å²) in [7, 11) is 0. The fraction of sp³-hybridized carbons (Fsp3) is 0.143. The number of hydrogen-bond acceptors (Lipinski definition) is 4. The minimum absolute atomic E-state index is 1.00. The van der Waals surface area contributed by atoms with E-state index in [1.165, 1.54) is 9.79 Å². The summed E-state index contributed by atoms with van der Waals surface area (Å²) in [4.78, 5) is 10.5. The molecule has 2 aromatic heterocycles. The van der Waals surface area contributed by atoms with Gasteiger partial charge in [-0.3, -0.25) is 9.97 Å². The first-order valence-corrected chi connectivity index (χ1v) is 7.63. The lowest BCUT2D eigenvalue weighted by Crippen LogP contribution is -1.77. The molecule has 2 aromatic rings. The molecule has 2 rings (SSSR count). The maximum absolute atomic E-state index is 4.00. The van der Waals surface area contributed by atoms with Crippen molar-refractivity contribution in [1.29, 1.82) is 0 Å². The molecule has 92 valence electrons. The van der Waals surface area contributed by atoms with E-state index in [0.29, 0.717) is 0 Å². The highest BCUT2D eigenvalue weighted by atomic mass is 32.2. The molecule has 0 saturated heterocycles. The number of aromatic nitrogens is 2. The number of pyridine rings is 2. The summed E-state index contributed by atoms with van der Waals surface area (Å²) in [5.41, 5.74) is 0. The summed E-state index contributed by atoms with van der Waals surface area (Å²) in [5.74, 6) is 2.00. The van der Waals surface area contributed by atoms with E-state index in [-0.39, 0.29) is 0 Å². The summed E-state index contributed by atoms with van der Waals surface area (Å²) >= 11 is 3.64. The maximum atomic E-state index is 4.00. The van der Waals surface area contributed by atoms with Crippen LogP contribution < -0.4 is 0 Å². The van der Waals surface area contributed by atoms with Gasteiger partial charge >= 0.3 is 0 Å². The molecule has 0 bridgehead atoms. The molecule has 0 amide bonds. The fourth-order valence-electron chi connectivity index (χ4n) is 1.29. The SMILES string of the molecule is C(=CCSc1ccncc1)CSc1ccncc1. The first-order valence-electron chi connectivity index (χ1n) is 5.66. The molecule has 0 unspecified atom stereocenters. The van der Waals surface area contributed by atoms with E-state index in [9.17, 15) is 0 Å². The molecule has 0 radical (unpaired) electrons. The van der Waals surface area contributed by atoms with E-state index in [4.69, 9.17) is 0 Å². The monoisotopic (exact) mass is 274 g/mol. The third-order valence-electron chi connectivity index (χ3n) is 2.16. The molecule has 0 N–H and O–H groups in total. The molecule has 0 aliphatic rings. The van der Waals surface area contributed by atoms with Crippen molar-refractivity contribution >= 4 is 23.5 Å². The van der Waals surface area contributed by atoms with Gasteiger partial charge in [-0.25, -0.2) is 0 Å². The predicted octanol–water partition coefficient (Wildman–Crippen LogP) is 3.92. The normalized spacial score (nSPS) is 10.9. The Balaban J connectivity index is 1.64. The summed E-state index contributed by atoms with van der Waals surface area (Å²) in [5, 5.41) is 0. The van der Waals surface area contributed by atoms with Gasteiger partial charge in [-0.1, -0.05) is 12.2 Å². The van der Waals surface area contributed by atoms with Gasteiger partial charge in [0.2, 0.25) is 0 Å². The van der Waals surface area contributed by atoms with Gasteiger partial charge in [-0.15, -0.1) is 23.5 Å². The van der Waals surface area contributed by atoms with E-state index < -0.39 is 0 Å². The van der Waals surface area contributed by atoms with Gasteiger partial charge in [0.25, 0.3) is 0 Å².